The predicted octanol–water partition coefficient (Wildman–Crippen LogP) is 2.21. The maximum absolute atomic E-state index is 12.7. The summed E-state index contributed by atoms with van der Waals surface area (Å²) in [5.74, 6) is 1.04. The number of carbonyl (C=O) groups excluding carboxylic acids is 1. The lowest BCUT2D eigenvalue weighted by Crippen LogP contribution is -2.48. The lowest BCUT2D eigenvalue weighted by Gasteiger charge is -2.32. The van der Waals surface area contributed by atoms with Crippen molar-refractivity contribution in [2.75, 3.05) is 13.7 Å². The highest BCUT2D eigenvalue weighted by Gasteiger charge is 2.47. The molecule has 148 valence electrons. The number of fused-ring (bicyclic) bond motifs is 2. The molecule has 1 aliphatic carbocycles. The van der Waals surface area contributed by atoms with E-state index >= 15 is 0 Å². The van der Waals surface area contributed by atoms with E-state index < -0.39 is 10.0 Å². The molecule has 28 heavy (non-hydrogen) atoms. The van der Waals surface area contributed by atoms with E-state index in [-0.39, 0.29) is 28.8 Å². The summed E-state index contributed by atoms with van der Waals surface area (Å²) >= 11 is 0. The quantitative estimate of drug-likeness (QED) is 0.807. The van der Waals surface area contributed by atoms with Crippen LogP contribution in [0.4, 0.5) is 0 Å². The zero-order valence-corrected chi connectivity index (χ0v) is 16.6. The molecule has 2 aliphatic rings. The lowest BCUT2D eigenvalue weighted by molar-refractivity contribution is -0.132. The SMILES string of the molecule is COc1ccc(CC(=O)N2C[C@@H]3C[C@H]2C[C@@H]3NS(=O)(=O)c2ccccc2)cc1. The van der Waals surface area contributed by atoms with Crippen molar-refractivity contribution in [1.82, 2.24) is 9.62 Å². The molecule has 2 aromatic carbocycles. The Morgan fingerprint density at radius 3 is 2.43 bits per heavy atom. The Kier molecular flexibility index (Phi) is 5.12. The van der Waals surface area contributed by atoms with Crippen LogP contribution in [0, 0.1) is 5.92 Å². The molecule has 1 heterocycles. The van der Waals surface area contributed by atoms with Crippen molar-refractivity contribution in [2.45, 2.75) is 36.2 Å². The highest BCUT2D eigenvalue weighted by molar-refractivity contribution is 7.89. The van der Waals surface area contributed by atoms with E-state index in [1.165, 1.54) is 0 Å². The fourth-order valence-electron chi connectivity index (χ4n) is 4.29. The third-order valence-electron chi connectivity index (χ3n) is 5.74. The Balaban J connectivity index is 1.36. The first-order valence-corrected chi connectivity index (χ1v) is 10.9. The molecule has 2 bridgehead atoms. The molecule has 0 radical (unpaired) electrons. The molecular weight excluding hydrogens is 376 g/mol. The van der Waals surface area contributed by atoms with Crippen molar-refractivity contribution < 1.29 is 17.9 Å². The summed E-state index contributed by atoms with van der Waals surface area (Å²) in [5, 5.41) is 0. The number of amides is 1. The first-order chi connectivity index (χ1) is 13.5. The molecule has 3 atom stereocenters. The van der Waals surface area contributed by atoms with Crippen molar-refractivity contribution in [3.05, 3.63) is 60.2 Å². The number of methoxy groups -OCH3 is 1. The van der Waals surface area contributed by atoms with Gasteiger partial charge >= 0.3 is 0 Å². The van der Waals surface area contributed by atoms with Gasteiger partial charge in [-0.1, -0.05) is 30.3 Å². The average Bonchev–Trinajstić information content (AvgIpc) is 3.29. The number of carbonyl (C=O) groups is 1. The molecule has 1 saturated heterocycles. The van der Waals surface area contributed by atoms with Crippen LogP contribution in [0.15, 0.2) is 59.5 Å². The van der Waals surface area contributed by atoms with Crippen molar-refractivity contribution in [2.24, 2.45) is 5.92 Å². The molecule has 2 fully saturated rings. The number of likely N-dealkylation sites (tertiary alicyclic amines) is 1. The van der Waals surface area contributed by atoms with Gasteiger partial charge in [0, 0.05) is 18.6 Å². The van der Waals surface area contributed by atoms with E-state index in [1.807, 2.05) is 29.2 Å². The van der Waals surface area contributed by atoms with Crippen LogP contribution in [0.1, 0.15) is 18.4 Å². The molecule has 6 nitrogen and oxygen atoms in total. The largest absolute Gasteiger partial charge is 0.497 e. The summed E-state index contributed by atoms with van der Waals surface area (Å²) in [4.78, 5) is 14.9. The second kappa shape index (κ2) is 7.56. The van der Waals surface area contributed by atoms with E-state index in [4.69, 9.17) is 4.74 Å². The summed E-state index contributed by atoms with van der Waals surface area (Å²) in [5.41, 5.74) is 0.954. The van der Waals surface area contributed by atoms with Crippen LogP contribution < -0.4 is 9.46 Å². The minimum absolute atomic E-state index is 0.0991. The van der Waals surface area contributed by atoms with Crippen LogP contribution in [0.25, 0.3) is 0 Å². The summed E-state index contributed by atoms with van der Waals surface area (Å²) in [6.45, 7) is 0.613. The minimum Gasteiger partial charge on any atom is -0.497 e. The van der Waals surface area contributed by atoms with Gasteiger partial charge in [0.15, 0.2) is 0 Å². The van der Waals surface area contributed by atoms with Crippen LogP contribution in [0.5, 0.6) is 5.75 Å². The molecular formula is C21H24N2O4S. The van der Waals surface area contributed by atoms with Gasteiger partial charge in [0.2, 0.25) is 15.9 Å². The number of rotatable bonds is 6. The Morgan fingerprint density at radius 2 is 1.82 bits per heavy atom. The van der Waals surface area contributed by atoms with Crippen LogP contribution in [-0.2, 0) is 21.2 Å². The maximum atomic E-state index is 12.7. The maximum Gasteiger partial charge on any atom is 0.240 e. The Hall–Kier alpha value is -2.38. The topological polar surface area (TPSA) is 75.7 Å². The average molecular weight is 401 g/mol. The van der Waals surface area contributed by atoms with Crippen LogP contribution in [0.2, 0.25) is 0 Å². The second-order valence-corrected chi connectivity index (χ2v) is 9.21. The first kappa shape index (κ1) is 19.0. The number of benzene rings is 2. The smallest absolute Gasteiger partial charge is 0.240 e. The van der Waals surface area contributed by atoms with Gasteiger partial charge in [-0.25, -0.2) is 13.1 Å². The van der Waals surface area contributed by atoms with Gasteiger partial charge in [-0.05, 0) is 48.6 Å². The summed E-state index contributed by atoms with van der Waals surface area (Å²) in [7, 11) is -1.91. The number of hydrogen-bond acceptors (Lipinski definition) is 4. The molecule has 1 N–H and O–H groups in total. The van der Waals surface area contributed by atoms with E-state index in [0.29, 0.717) is 19.4 Å². The highest BCUT2D eigenvalue weighted by atomic mass is 32.2. The molecule has 7 heteroatoms. The molecule has 1 aliphatic heterocycles. The molecule has 0 unspecified atom stereocenters. The third-order valence-corrected chi connectivity index (χ3v) is 7.24. The normalized spacial score (nSPS) is 23.8. The van der Waals surface area contributed by atoms with Crippen LogP contribution in [0.3, 0.4) is 0 Å². The fourth-order valence-corrected chi connectivity index (χ4v) is 5.63. The predicted molar refractivity (Wildman–Crippen MR) is 105 cm³/mol. The Morgan fingerprint density at radius 1 is 1.11 bits per heavy atom. The van der Waals surface area contributed by atoms with E-state index in [0.717, 1.165) is 17.7 Å². The Bertz CT molecular complexity index is 944. The molecule has 1 amide bonds. The number of hydrogen-bond donors (Lipinski definition) is 1. The third kappa shape index (κ3) is 3.77. The second-order valence-electron chi connectivity index (χ2n) is 7.50. The molecule has 0 aromatic heterocycles. The molecule has 2 aromatic rings. The first-order valence-electron chi connectivity index (χ1n) is 9.46. The van der Waals surface area contributed by atoms with Crippen molar-refractivity contribution in [1.29, 1.82) is 0 Å². The van der Waals surface area contributed by atoms with E-state index in [2.05, 4.69) is 4.72 Å². The van der Waals surface area contributed by atoms with Gasteiger partial charge in [-0.15, -0.1) is 0 Å². The zero-order valence-electron chi connectivity index (χ0n) is 15.7. The van der Waals surface area contributed by atoms with Gasteiger partial charge < -0.3 is 9.64 Å². The van der Waals surface area contributed by atoms with Crippen LogP contribution >= 0.6 is 0 Å². The minimum atomic E-state index is -3.52. The highest BCUT2D eigenvalue weighted by Crippen LogP contribution is 2.38. The zero-order chi connectivity index (χ0) is 19.7. The standard InChI is InChI=1S/C21H24N2O4S/c1-27-18-9-7-15(8-10-18)11-21(24)23-14-16-12-17(23)13-20(16)22-28(25,26)19-5-3-2-4-6-19/h2-10,16-17,20,22H,11-14H2,1H3/t16-,17-,20-/m0/s1. The van der Waals surface area contributed by atoms with Gasteiger partial charge in [0.1, 0.15) is 5.75 Å². The summed E-state index contributed by atoms with van der Waals surface area (Å²) in [6.07, 6.45) is 1.88. The fraction of sp³-hybridized carbons (Fsp3) is 0.381. The van der Waals surface area contributed by atoms with E-state index in [9.17, 15) is 13.2 Å². The van der Waals surface area contributed by atoms with E-state index in [1.54, 1.807) is 37.4 Å². The van der Waals surface area contributed by atoms with Gasteiger partial charge in [0.25, 0.3) is 0 Å². The summed E-state index contributed by atoms with van der Waals surface area (Å²) in [6, 6.07) is 15.9. The molecule has 1 saturated carbocycles. The number of sulfonamides is 1. The summed E-state index contributed by atoms with van der Waals surface area (Å²) < 4.78 is 33.1. The van der Waals surface area contributed by atoms with Crippen molar-refractivity contribution in [3.8, 4) is 5.75 Å². The number of ether oxygens (including phenoxy) is 1. The van der Waals surface area contributed by atoms with Gasteiger partial charge in [0.05, 0.1) is 18.4 Å². The van der Waals surface area contributed by atoms with Gasteiger partial charge in [-0.2, -0.15) is 0 Å². The number of piperidine rings is 1. The Labute approximate surface area is 165 Å². The number of nitrogens with one attached hydrogen (secondary N) is 1. The molecule has 4 rings (SSSR count). The monoisotopic (exact) mass is 400 g/mol. The van der Waals surface area contributed by atoms with Crippen molar-refractivity contribution >= 4 is 15.9 Å². The van der Waals surface area contributed by atoms with Gasteiger partial charge in [-0.3, -0.25) is 4.79 Å². The van der Waals surface area contributed by atoms with Crippen LogP contribution in [-0.4, -0.2) is 45.0 Å². The lowest BCUT2D eigenvalue weighted by atomic mass is 10.0. The molecule has 0 spiro atoms. The van der Waals surface area contributed by atoms with Crippen molar-refractivity contribution in [3.63, 3.8) is 0 Å². The number of nitrogens with zero attached hydrogens (tertiary/aromatic N) is 1.